The van der Waals surface area contributed by atoms with Crippen molar-refractivity contribution in [2.24, 2.45) is 0 Å². The number of nitrogens with one attached hydrogen (secondary N) is 1. The molecule has 0 unspecified atom stereocenters. The number of nitrogens with zero attached hydrogens (tertiary/aromatic N) is 1. The van der Waals surface area contributed by atoms with E-state index in [0.717, 1.165) is 0 Å². The van der Waals surface area contributed by atoms with Gasteiger partial charge in [-0.1, -0.05) is 59.1 Å². The number of H-pyrrole nitrogens is 1. The molecule has 0 bridgehead atoms. The quantitative estimate of drug-likeness (QED) is 0.639. The predicted octanol–water partition coefficient (Wildman–Crippen LogP) is 5.54. The molecule has 2 aromatic carbocycles. The van der Waals surface area contributed by atoms with Gasteiger partial charge < -0.3 is 4.98 Å². The molecule has 3 rings (SSSR count). The maximum absolute atomic E-state index is 12.3. The molecule has 0 saturated heterocycles. The Kier molecular flexibility index (Phi) is 4.64. The van der Waals surface area contributed by atoms with Gasteiger partial charge in [-0.15, -0.1) is 0 Å². The Hall–Kier alpha value is -2.25. The van der Waals surface area contributed by atoms with Gasteiger partial charge in [0.1, 0.15) is 11.6 Å². The SMILES string of the molecule is N#Cc1c(-c2ccccc2Cl)cc(-c2ccc(Cl)c(Cl)c2)[nH]c1=O. The first-order chi connectivity index (χ1) is 11.5. The fourth-order valence-electron chi connectivity index (χ4n) is 2.38. The van der Waals surface area contributed by atoms with E-state index < -0.39 is 5.56 Å². The lowest BCUT2D eigenvalue weighted by molar-refractivity contribution is 1.22. The third kappa shape index (κ3) is 3.05. The van der Waals surface area contributed by atoms with Crippen molar-refractivity contribution >= 4 is 34.8 Å². The maximum atomic E-state index is 12.3. The highest BCUT2D eigenvalue weighted by Gasteiger charge is 2.15. The number of aromatic amines is 1. The minimum absolute atomic E-state index is 0.00640. The molecule has 6 heteroatoms. The molecule has 0 saturated carbocycles. The summed E-state index contributed by atoms with van der Waals surface area (Å²) >= 11 is 18.2. The second kappa shape index (κ2) is 6.70. The van der Waals surface area contributed by atoms with Crippen LogP contribution in [0.3, 0.4) is 0 Å². The summed E-state index contributed by atoms with van der Waals surface area (Å²) in [5.74, 6) is 0. The highest BCUT2D eigenvalue weighted by Crippen LogP contribution is 2.33. The molecular weight excluding hydrogens is 367 g/mol. The standard InChI is InChI=1S/C18H9Cl3N2O/c19-14-4-2-1-3-11(14)12-8-17(23-18(24)13(12)9-22)10-5-6-15(20)16(21)7-10/h1-8H,(H,23,24). The minimum atomic E-state index is -0.490. The molecule has 3 nitrogen and oxygen atoms in total. The Morgan fingerprint density at radius 1 is 0.875 bits per heavy atom. The highest BCUT2D eigenvalue weighted by molar-refractivity contribution is 6.42. The maximum Gasteiger partial charge on any atom is 0.266 e. The van der Waals surface area contributed by atoms with Crippen LogP contribution in [0.25, 0.3) is 22.4 Å². The van der Waals surface area contributed by atoms with Gasteiger partial charge in [-0.05, 0) is 29.8 Å². The first-order valence-corrected chi connectivity index (χ1v) is 8.02. The molecule has 1 N–H and O–H groups in total. The predicted molar refractivity (Wildman–Crippen MR) is 97.7 cm³/mol. The summed E-state index contributed by atoms with van der Waals surface area (Å²) in [5.41, 5.74) is 1.80. The molecule has 1 heterocycles. The Balaban J connectivity index is 2.28. The average molecular weight is 376 g/mol. The Morgan fingerprint density at radius 2 is 1.62 bits per heavy atom. The normalized spacial score (nSPS) is 10.4. The summed E-state index contributed by atoms with van der Waals surface area (Å²) < 4.78 is 0. The van der Waals surface area contributed by atoms with E-state index in [0.29, 0.717) is 37.5 Å². The average Bonchev–Trinajstić information content (AvgIpc) is 2.57. The van der Waals surface area contributed by atoms with E-state index in [4.69, 9.17) is 34.8 Å². The Labute approximate surface area is 153 Å². The molecule has 0 radical (unpaired) electrons. The first-order valence-electron chi connectivity index (χ1n) is 6.89. The largest absolute Gasteiger partial charge is 0.321 e. The van der Waals surface area contributed by atoms with Crippen LogP contribution in [0.15, 0.2) is 53.3 Å². The van der Waals surface area contributed by atoms with Crippen molar-refractivity contribution in [2.45, 2.75) is 0 Å². The summed E-state index contributed by atoms with van der Waals surface area (Å²) in [6.45, 7) is 0. The van der Waals surface area contributed by atoms with Crippen LogP contribution >= 0.6 is 34.8 Å². The summed E-state index contributed by atoms with van der Waals surface area (Å²) in [5, 5.41) is 10.6. The molecule has 118 valence electrons. The number of hydrogen-bond donors (Lipinski definition) is 1. The number of nitriles is 1. The van der Waals surface area contributed by atoms with E-state index in [-0.39, 0.29) is 5.56 Å². The van der Waals surface area contributed by atoms with Crippen molar-refractivity contribution in [3.05, 3.63) is 79.5 Å². The molecule has 1 aromatic heterocycles. The van der Waals surface area contributed by atoms with Crippen LogP contribution in [0.1, 0.15) is 5.56 Å². The van der Waals surface area contributed by atoms with Crippen LogP contribution in [0.2, 0.25) is 15.1 Å². The van der Waals surface area contributed by atoms with Crippen LogP contribution < -0.4 is 5.56 Å². The molecule has 3 aromatic rings. The third-order valence-corrected chi connectivity index (χ3v) is 4.61. The molecule has 0 aliphatic carbocycles. The van der Waals surface area contributed by atoms with E-state index in [1.165, 1.54) is 0 Å². The summed E-state index contributed by atoms with van der Waals surface area (Å²) in [4.78, 5) is 15.0. The molecule has 24 heavy (non-hydrogen) atoms. The van der Waals surface area contributed by atoms with Crippen molar-refractivity contribution in [1.82, 2.24) is 4.98 Å². The monoisotopic (exact) mass is 374 g/mol. The summed E-state index contributed by atoms with van der Waals surface area (Å²) in [6, 6.07) is 15.7. The van der Waals surface area contributed by atoms with E-state index >= 15 is 0 Å². The van der Waals surface area contributed by atoms with Crippen LogP contribution in [-0.4, -0.2) is 4.98 Å². The number of hydrogen-bond acceptors (Lipinski definition) is 2. The number of rotatable bonds is 2. The van der Waals surface area contributed by atoms with E-state index in [1.54, 1.807) is 48.5 Å². The number of aromatic nitrogens is 1. The van der Waals surface area contributed by atoms with E-state index in [1.807, 2.05) is 6.07 Å². The second-order valence-electron chi connectivity index (χ2n) is 5.02. The number of pyridine rings is 1. The zero-order valence-electron chi connectivity index (χ0n) is 12.1. The molecule has 0 amide bonds. The van der Waals surface area contributed by atoms with Crippen LogP contribution in [-0.2, 0) is 0 Å². The smallest absolute Gasteiger partial charge is 0.266 e. The number of benzene rings is 2. The van der Waals surface area contributed by atoms with Gasteiger partial charge in [0, 0.05) is 21.8 Å². The topological polar surface area (TPSA) is 56.6 Å². The van der Waals surface area contributed by atoms with Crippen LogP contribution in [0.5, 0.6) is 0 Å². The number of halogens is 3. The lowest BCUT2D eigenvalue weighted by atomic mass is 9.99. The second-order valence-corrected chi connectivity index (χ2v) is 6.24. The summed E-state index contributed by atoms with van der Waals surface area (Å²) in [6.07, 6.45) is 0. The van der Waals surface area contributed by atoms with E-state index in [9.17, 15) is 10.1 Å². The fraction of sp³-hybridized carbons (Fsp3) is 0. The fourth-order valence-corrected chi connectivity index (χ4v) is 2.92. The van der Waals surface area contributed by atoms with Gasteiger partial charge in [0.2, 0.25) is 0 Å². The van der Waals surface area contributed by atoms with E-state index in [2.05, 4.69) is 4.98 Å². The van der Waals surface area contributed by atoms with Crippen molar-refractivity contribution in [1.29, 1.82) is 5.26 Å². The van der Waals surface area contributed by atoms with Gasteiger partial charge in [-0.25, -0.2) is 0 Å². The van der Waals surface area contributed by atoms with Gasteiger partial charge in [-0.3, -0.25) is 4.79 Å². The third-order valence-electron chi connectivity index (χ3n) is 3.54. The molecule has 0 fully saturated rings. The molecular formula is C18H9Cl3N2O. The van der Waals surface area contributed by atoms with Crippen LogP contribution in [0.4, 0.5) is 0 Å². The van der Waals surface area contributed by atoms with Crippen molar-refractivity contribution in [3.63, 3.8) is 0 Å². The molecule has 0 atom stereocenters. The van der Waals surface area contributed by atoms with Gasteiger partial charge in [0.05, 0.1) is 10.0 Å². The Morgan fingerprint density at radius 3 is 2.29 bits per heavy atom. The zero-order chi connectivity index (χ0) is 17.3. The minimum Gasteiger partial charge on any atom is -0.321 e. The van der Waals surface area contributed by atoms with Crippen molar-refractivity contribution < 1.29 is 0 Å². The van der Waals surface area contributed by atoms with Gasteiger partial charge in [-0.2, -0.15) is 5.26 Å². The zero-order valence-corrected chi connectivity index (χ0v) is 14.4. The lowest BCUT2D eigenvalue weighted by Gasteiger charge is -2.10. The van der Waals surface area contributed by atoms with Crippen LogP contribution in [0, 0.1) is 11.3 Å². The summed E-state index contributed by atoms with van der Waals surface area (Å²) in [7, 11) is 0. The molecule has 0 aliphatic rings. The lowest BCUT2D eigenvalue weighted by Crippen LogP contribution is -2.12. The van der Waals surface area contributed by atoms with Crippen molar-refractivity contribution in [2.75, 3.05) is 0 Å². The Bertz CT molecular complexity index is 1040. The molecule has 0 aliphatic heterocycles. The van der Waals surface area contributed by atoms with Gasteiger partial charge >= 0.3 is 0 Å². The molecule has 0 spiro atoms. The van der Waals surface area contributed by atoms with Gasteiger partial charge in [0.15, 0.2) is 0 Å². The first kappa shape index (κ1) is 16.6. The van der Waals surface area contributed by atoms with Crippen molar-refractivity contribution in [3.8, 4) is 28.5 Å². The van der Waals surface area contributed by atoms with Gasteiger partial charge in [0.25, 0.3) is 5.56 Å². The highest BCUT2D eigenvalue weighted by atomic mass is 35.5.